The Morgan fingerprint density at radius 2 is 1.82 bits per heavy atom. The summed E-state index contributed by atoms with van der Waals surface area (Å²) < 4.78 is 3.92. The Labute approximate surface area is 191 Å². The van der Waals surface area contributed by atoms with Gasteiger partial charge in [-0.25, -0.2) is 4.98 Å². The molecule has 8 heteroatoms. The molecule has 1 aliphatic rings. The molecule has 0 radical (unpaired) electrons. The molecule has 1 aliphatic heterocycles. The summed E-state index contributed by atoms with van der Waals surface area (Å²) >= 11 is 0. The average molecular weight is 446 g/mol. The minimum absolute atomic E-state index is 0.0512. The smallest absolute Gasteiger partial charge is 0.248 e. The summed E-state index contributed by atoms with van der Waals surface area (Å²) in [5.41, 5.74) is 10.9. The summed E-state index contributed by atoms with van der Waals surface area (Å²) in [5.74, 6) is 0.265. The van der Waals surface area contributed by atoms with Gasteiger partial charge in [0.05, 0.1) is 23.2 Å². The van der Waals surface area contributed by atoms with Crippen LogP contribution in [-0.2, 0) is 11.3 Å². The summed E-state index contributed by atoms with van der Waals surface area (Å²) in [7, 11) is 0. The predicted octanol–water partition coefficient (Wildman–Crippen LogP) is 2.46. The van der Waals surface area contributed by atoms with E-state index in [4.69, 9.17) is 5.73 Å². The highest BCUT2D eigenvalue weighted by Crippen LogP contribution is 2.29. The van der Waals surface area contributed by atoms with E-state index < -0.39 is 12.0 Å². The van der Waals surface area contributed by atoms with Crippen LogP contribution < -0.4 is 5.73 Å². The Bertz CT molecular complexity index is 1420. The molecule has 2 aromatic heterocycles. The van der Waals surface area contributed by atoms with Crippen LogP contribution in [0.1, 0.15) is 33.4 Å². The molecule has 2 aromatic carbocycles. The number of rotatable bonds is 4. The van der Waals surface area contributed by atoms with Gasteiger partial charge in [-0.3, -0.25) is 9.59 Å². The Morgan fingerprint density at radius 3 is 2.58 bits per heavy atom. The topological polar surface area (TPSA) is 106 Å². The first-order chi connectivity index (χ1) is 15.7. The number of hydrogen-bond acceptors (Lipinski definition) is 4. The van der Waals surface area contributed by atoms with Crippen molar-refractivity contribution < 1.29 is 14.7 Å². The van der Waals surface area contributed by atoms with Crippen molar-refractivity contribution in [1.29, 1.82) is 0 Å². The van der Waals surface area contributed by atoms with Gasteiger partial charge in [-0.1, -0.05) is 0 Å². The van der Waals surface area contributed by atoms with Crippen molar-refractivity contribution >= 4 is 33.8 Å². The normalized spacial score (nSPS) is 18.5. The lowest BCUT2D eigenvalue weighted by atomic mass is 10.1. The van der Waals surface area contributed by atoms with Crippen LogP contribution >= 0.6 is 0 Å². The summed E-state index contributed by atoms with van der Waals surface area (Å²) in [6, 6.07) is 11.0. The van der Waals surface area contributed by atoms with Crippen molar-refractivity contribution in [3.05, 3.63) is 65.1 Å². The summed E-state index contributed by atoms with van der Waals surface area (Å²) in [4.78, 5) is 31.0. The standard InChI is InChI=1S/C25H27N5O3/c1-14-8-19-21(9-15(14)2)30(16(3)27-19)13-24(32)28-11-22(23(31)12-28)29-7-6-17-10-18(25(26)33)4-5-20(17)29/h4-10,22-23,31H,11-13H2,1-3H3,(H2,26,33)/t22-,23-/m1/s1. The van der Waals surface area contributed by atoms with Gasteiger partial charge in [0.2, 0.25) is 11.8 Å². The quantitative estimate of drug-likeness (QED) is 0.503. The van der Waals surface area contributed by atoms with Gasteiger partial charge in [0, 0.05) is 35.8 Å². The molecule has 3 heterocycles. The fourth-order valence-corrected chi connectivity index (χ4v) is 4.79. The van der Waals surface area contributed by atoms with Gasteiger partial charge in [-0.2, -0.15) is 0 Å². The summed E-state index contributed by atoms with van der Waals surface area (Å²) in [6.45, 7) is 6.88. The maximum absolute atomic E-state index is 13.2. The number of fused-ring (bicyclic) bond motifs is 2. The van der Waals surface area contributed by atoms with Crippen molar-refractivity contribution in [2.24, 2.45) is 5.73 Å². The minimum Gasteiger partial charge on any atom is -0.389 e. The number of primary amides is 1. The molecule has 8 nitrogen and oxygen atoms in total. The van der Waals surface area contributed by atoms with Gasteiger partial charge in [-0.05, 0) is 68.3 Å². The van der Waals surface area contributed by atoms with Gasteiger partial charge in [0.15, 0.2) is 0 Å². The van der Waals surface area contributed by atoms with E-state index in [0.29, 0.717) is 12.1 Å². The lowest BCUT2D eigenvalue weighted by Gasteiger charge is -2.19. The van der Waals surface area contributed by atoms with Crippen molar-refractivity contribution in [2.75, 3.05) is 13.1 Å². The number of nitrogens with two attached hydrogens (primary N) is 1. The minimum atomic E-state index is -0.689. The second-order valence-electron chi connectivity index (χ2n) is 8.96. The van der Waals surface area contributed by atoms with Crippen molar-refractivity contribution in [1.82, 2.24) is 19.0 Å². The second kappa shape index (κ2) is 7.74. The lowest BCUT2D eigenvalue weighted by Crippen LogP contribution is -2.33. The van der Waals surface area contributed by atoms with Crippen LogP contribution in [-0.4, -0.2) is 55.1 Å². The maximum atomic E-state index is 13.2. The number of aliphatic hydroxyl groups is 1. The number of hydrogen-bond donors (Lipinski definition) is 2. The van der Waals surface area contributed by atoms with Crippen molar-refractivity contribution in [2.45, 2.75) is 39.5 Å². The molecular formula is C25H27N5O3. The Morgan fingerprint density at radius 1 is 1.06 bits per heavy atom. The maximum Gasteiger partial charge on any atom is 0.248 e. The number of aryl methyl sites for hydroxylation is 3. The van der Waals surface area contributed by atoms with Crippen LogP contribution in [0.4, 0.5) is 0 Å². The van der Waals surface area contributed by atoms with E-state index >= 15 is 0 Å². The molecule has 170 valence electrons. The third-order valence-electron chi connectivity index (χ3n) is 6.82. The SMILES string of the molecule is Cc1cc2nc(C)n(CC(=O)N3C[C@@H](O)[C@H](n4ccc5cc(C(N)=O)ccc54)C3)c2cc1C. The van der Waals surface area contributed by atoms with Gasteiger partial charge in [0.25, 0.3) is 0 Å². The average Bonchev–Trinajstić information content (AvgIpc) is 3.44. The van der Waals surface area contributed by atoms with Gasteiger partial charge >= 0.3 is 0 Å². The fraction of sp³-hybridized carbons (Fsp3) is 0.320. The van der Waals surface area contributed by atoms with Crippen LogP contribution in [0.5, 0.6) is 0 Å². The van der Waals surface area contributed by atoms with E-state index in [9.17, 15) is 14.7 Å². The highest BCUT2D eigenvalue weighted by molar-refractivity contribution is 5.97. The molecule has 0 unspecified atom stereocenters. The summed E-state index contributed by atoms with van der Waals surface area (Å²) in [5, 5.41) is 11.7. The van der Waals surface area contributed by atoms with Gasteiger partial charge in [0.1, 0.15) is 12.4 Å². The number of imidazole rings is 1. The van der Waals surface area contributed by atoms with Crippen LogP contribution in [0.25, 0.3) is 21.9 Å². The first-order valence-electron chi connectivity index (χ1n) is 11.0. The lowest BCUT2D eigenvalue weighted by molar-refractivity contribution is -0.131. The molecule has 2 amide bonds. The van der Waals surface area contributed by atoms with E-state index in [1.165, 1.54) is 5.56 Å². The number of carbonyl (C=O) groups excluding carboxylic acids is 2. The number of likely N-dealkylation sites (tertiary alicyclic amines) is 1. The zero-order valence-corrected chi connectivity index (χ0v) is 18.9. The zero-order chi connectivity index (χ0) is 23.4. The molecule has 1 fully saturated rings. The van der Waals surface area contributed by atoms with Crippen LogP contribution in [0.15, 0.2) is 42.6 Å². The number of aliphatic hydroxyl groups excluding tert-OH is 1. The molecular weight excluding hydrogens is 418 g/mol. The fourth-order valence-electron chi connectivity index (χ4n) is 4.79. The molecule has 33 heavy (non-hydrogen) atoms. The van der Waals surface area contributed by atoms with Crippen molar-refractivity contribution in [3.8, 4) is 0 Å². The monoisotopic (exact) mass is 445 g/mol. The van der Waals surface area contributed by atoms with Gasteiger partial charge < -0.3 is 24.9 Å². The van der Waals surface area contributed by atoms with Crippen LogP contribution in [0.2, 0.25) is 0 Å². The van der Waals surface area contributed by atoms with Crippen molar-refractivity contribution in [3.63, 3.8) is 0 Å². The number of β-amino-alcohol motifs (C(OH)–C–C–N with tert-alkyl or cyclic N) is 1. The van der Waals surface area contributed by atoms with Crippen LogP contribution in [0, 0.1) is 20.8 Å². The van der Waals surface area contributed by atoms with E-state index in [0.717, 1.165) is 33.3 Å². The molecule has 0 aliphatic carbocycles. The molecule has 3 N–H and O–H groups in total. The van der Waals surface area contributed by atoms with E-state index in [-0.39, 0.29) is 25.0 Å². The first-order valence-corrected chi connectivity index (χ1v) is 11.0. The summed E-state index contributed by atoms with van der Waals surface area (Å²) in [6.07, 6.45) is 1.20. The molecule has 0 bridgehead atoms. The number of amides is 2. The Kier molecular flexibility index (Phi) is 4.97. The van der Waals surface area contributed by atoms with Gasteiger partial charge in [-0.15, -0.1) is 0 Å². The van der Waals surface area contributed by atoms with E-state index in [1.807, 2.05) is 34.4 Å². The zero-order valence-electron chi connectivity index (χ0n) is 18.9. The molecule has 4 aromatic rings. The second-order valence-corrected chi connectivity index (χ2v) is 8.96. The molecule has 5 rings (SSSR count). The van der Waals surface area contributed by atoms with E-state index in [2.05, 4.69) is 31.0 Å². The largest absolute Gasteiger partial charge is 0.389 e. The van der Waals surface area contributed by atoms with Crippen LogP contribution in [0.3, 0.4) is 0 Å². The third-order valence-corrected chi connectivity index (χ3v) is 6.82. The number of nitrogens with zero attached hydrogens (tertiary/aromatic N) is 4. The molecule has 2 atom stereocenters. The molecule has 1 saturated heterocycles. The molecule has 0 spiro atoms. The number of aromatic nitrogens is 3. The Balaban J connectivity index is 1.38. The first kappa shape index (κ1) is 21.2. The molecule has 0 saturated carbocycles. The predicted molar refractivity (Wildman–Crippen MR) is 126 cm³/mol. The number of carbonyl (C=O) groups is 2. The number of benzene rings is 2. The highest BCUT2D eigenvalue weighted by atomic mass is 16.3. The third kappa shape index (κ3) is 3.56. The van der Waals surface area contributed by atoms with E-state index in [1.54, 1.807) is 17.0 Å². The Hall–Kier alpha value is -3.65. The highest BCUT2D eigenvalue weighted by Gasteiger charge is 2.35.